The third-order valence-electron chi connectivity index (χ3n) is 1.19. The van der Waals surface area contributed by atoms with Gasteiger partial charge in [-0.05, 0) is 0 Å². The average molecular weight is 194 g/mol. The van der Waals surface area contributed by atoms with Gasteiger partial charge in [0.25, 0.3) is 0 Å². The minimum atomic E-state index is -4.67. The second-order valence-corrected chi connectivity index (χ2v) is 2.03. The maximum absolute atomic E-state index is 11.9. The number of halogens is 3. The zero-order valence-electron chi connectivity index (χ0n) is 7.98. The van der Waals surface area contributed by atoms with Crippen LogP contribution in [0.5, 0.6) is 0 Å². The van der Waals surface area contributed by atoms with Crippen LogP contribution in [0.15, 0.2) is 0 Å². The molecule has 0 bridgehead atoms. The minimum absolute atomic E-state index is 0. The van der Waals surface area contributed by atoms with Crippen molar-refractivity contribution in [2.75, 3.05) is 0 Å². The number of nitrogens with zero attached hydrogens (tertiary/aromatic N) is 3. The van der Waals surface area contributed by atoms with E-state index in [1.54, 1.807) is 4.98 Å². The van der Waals surface area contributed by atoms with Gasteiger partial charge in [-0.2, -0.15) is 23.7 Å². The molecule has 0 unspecified atom stereocenters. The predicted octanol–water partition coefficient (Wildman–Crippen LogP) is -1.71. The summed E-state index contributed by atoms with van der Waals surface area (Å²) in [6.45, 7) is 0. The Morgan fingerprint density at radius 3 is 2.14 bits per heavy atom. The van der Waals surface area contributed by atoms with E-state index in [0.717, 1.165) is 0 Å². The molecule has 0 saturated heterocycles. The Hall–Kier alpha value is -1.42. The molecule has 0 radical (unpaired) electrons. The Balaban J connectivity index is 0. The van der Waals surface area contributed by atoms with E-state index in [1.165, 1.54) is 12.1 Å². The summed E-state index contributed by atoms with van der Waals surface area (Å²) in [5, 5.41) is 16.6. The van der Waals surface area contributed by atoms with E-state index >= 15 is 0 Å². The number of nitriles is 2. The minimum Gasteiger partial charge on any atom is -1.00 e. The molecule has 1 N–H and O–H groups in total. The summed E-state index contributed by atoms with van der Waals surface area (Å²) in [6.07, 6.45) is -4.67. The van der Waals surface area contributed by atoms with Crippen LogP contribution in [0.4, 0.5) is 13.2 Å². The molecule has 14 heavy (non-hydrogen) atoms. The smallest absolute Gasteiger partial charge is 1.00 e. The van der Waals surface area contributed by atoms with Crippen molar-refractivity contribution < 1.29 is 33.5 Å². The Morgan fingerprint density at radius 2 is 1.86 bits per heavy atom. The number of H-pyrrole nitrogens is 1. The topological polar surface area (TPSA) is 76.3 Å². The number of imidazole rings is 1. The van der Waals surface area contributed by atoms with Crippen molar-refractivity contribution in [1.82, 2.24) is 9.97 Å². The summed E-state index contributed by atoms with van der Waals surface area (Å²) < 4.78 is 35.8. The summed E-state index contributed by atoms with van der Waals surface area (Å²) in [7, 11) is 0. The van der Waals surface area contributed by atoms with E-state index in [9.17, 15) is 13.2 Å². The van der Waals surface area contributed by atoms with Crippen molar-refractivity contribution in [2.24, 2.45) is 0 Å². The fraction of sp³-hybridized carbons (Fsp3) is 0.167. The first-order valence-electron chi connectivity index (χ1n) is 2.96. The summed E-state index contributed by atoms with van der Waals surface area (Å²) >= 11 is 0. The van der Waals surface area contributed by atoms with Crippen molar-refractivity contribution in [3.05, 3.63) is 17.2 Å². The molecule has 0 fully saturated rings. The first-order valence-corrected chi connectivity index (χ1v) is 2.96. The van der Waals surface area contributed by atoms with Crippen LogP contribution >= 0.6 is 0 Å². The van der Waals surface area contributed by atoms with Crippen molar-refractivity contribution in [1.29, 1.82) is 10.5 Å². The van der Waals surface area contributed by atoms with Gasteiger partial charge in [-0.15, -0.1) is 0 Å². The van der Waals surface area contributed by atoms with Gasteiger partial charge < -0.3 is 6.41 Å². The molecule has 0 aliphatic heterocycles. The van der Waals surface area contributed by atoms with Crippen molar-refractivity contribution in [2.45, 2.75) is 6.18 Å². The van der Waals surface area contributed by atoms with Gasteiger partial charge >= 0.3 is 25.0 Å². The molecule has 0 aliphatic rings. The first-order chi connectivity index (χ1) is 5.99. The molecule has 0 spiro atoms. The summed E-state index contributed by atoms with van der Waals surface area (Å²) in [5.74, 6) is -1.33. The average Bonchev–Trinajstić information content (AvgIpc) is 2.45. The van der Waals surface area contributed by atoms with E-state index in [1.807, 2.05) is 0 Å². The normalized spacial score (nSPS) is 9.79. The molecular weight excluding hydrogens is 192 g/mol. The monoisotopic (exact) mass is 194 g/mol. The number of hydrogen-bond donors (Lipinski definition) is 1. The molecule has 1 rings (SSSR count). The van der Waals surface area contributed by atoms with Crippen molar-refractivity contribution >= 4 is 0 Å². The number of aromatic amines is 1. The third-order valence-corrected chi connectivity index (χ3v) is 1.19. The molecular formula is C6H2F3LiN4. The van der Waals surface area contributed by atoms with Crippen LogP contribution in [0.2, 0.25) is 0 Å². The molecule has 0 saturated carbocycles. The van der Waals surface area contributed by atoms with Gasteiger partial charge in [-0.3, -0.25) is 0 Å². The van der Waals surface area contributed by atoms with Crippen LogP contribution in [0.1, 0.15) is 18.6 Å². The predicted molar refractivity (Wildman–Crippen MR) is 34.1 cm³/mol. The van der Waals surface area contributed by atoms with E-state index in [2.05, 4.69) is 4.98 Å². The maximum atomic E-state index is 11.9. The number of alkyl halides is 3. The standard InChI is InChI=1S/C6HF3N4.Li.H/c7-6(8,9)5-12-3(1-10)4(2-11)13-5;;/h(H,12,13);;/q;+1;-1. The second-order valence-electron chi connectivity index (χ2n) is 2.03. The Bertz CT molecular complexity index is 382. The van der Waals surface area contributed by atoms with Gasteiger partial charge in [-0.1, -0.05) is 0 Å². The molecule has 0 aliphatic carbocycles. The molecule has 1 aromatic heterocycles. The molecule has 8 heteroatoms. The maximum Gasteiger partial charge on any atom is 1.00 e. The van der Waals surface area contributed by atoms with Gasteiger partial charge in [0, 0.05) is 0 Å². The number of aromatic nitrogens is 2. The van der Waals surface area contributed by atoms with Gasteiger partial charge in [0.2, 0.25) is 5.82 Å². The summed E-state index contributed by atoms with van der Waals surface area (Å²) in [4.78, 5) is 4.61. The van der Waals surface area contributed by atoms with E-state index in [-0.39, 0.29) is 20.3 Å². The van der Waals surface area contributed by atoms with Crippen LogP contribution in [-0.4, -0.2) is 9.97 Å². The Kier molecular flexibility index (Phi) is 3.77. The van der Waals surface area contributed by atoms with Gasteiger partial charge in [-0.25, -0.2) is 4.98 Å². The largest absolute Gasteiger partial charge is 1.00 e. The van der Waals surface area contributed by atoms with E-state index < -0.39 is 23.4 Å². The van der Waals surface area contributed by atoms with Gasteiger partial charge in [0.05, 0.1) is 0 Å². The molecule has 1 heterocycles. The molecule has 4 nitrogen and oxygen atoms in total. The fourth-order valence-corrected chi connectivity index (χ4v) is 0.669. The van der Waals surface area contributed by atoms with Gasteiger partial charge in [0.1, 0.15) is 12.1 Å². The van der Waals surface area contributed by atoms with Crippen molar-refractivity contribution in [3.8, 4) is 12.1 Å². The van der Waals surface area contributed by atoms with Crippen LogP contribution in [0, 0.1) is 22.7 Å². The number of nitrogens with one attached hydrogen (secondary N) is 1. The SMILES string of the molecule is N#Cc1nc(C(F)(F)F)[nH]c1C#N.[H-].[Li+]. The molecule has 1 aromatic rings. The van der Waals surface area contributed by atoms with E-state index in [0.29, 0.717) is 0 Å². The Labute approximate surface area is 90.0 Å². The van der Waals surface area contributed by atoms with Gasteiger partial charge in [0.15, 0.2) is 11.4 Å². The third kappa shape index (κ3) is 2.29. The number of rotatable bonds is 0. The Morgan fingerprint density at radius 1 is 1.29 bits per heavy atom. The van der Waals surface area contributed by atoms with Crippen molar-refractivity contribution in [3.63, 3.8) is 0 Å². The second kappa shape index (κ2) is 4.19. The quantitative estimate of drug-likeness (QED) is 0.499. The number of hydrogen-bond acceptors (Lipinski definition) is 3. The van der Waals surface area contributed by atoms with Crippen LogP contribution in [0.25, 0.3) is 0 Å². The fourth-order valence-electron chi connectivity index (χ4n) is 0.669. The zero-order chi connectivity index (χ0) is 10.1. The molecule has 68 valence electrons. The van der Waals surface area contributed by atoms with E-state index in [4.69, 9.17) is 10.5 Å². The first kappa shape index (κ1) is 12.6. The van der Waals surface area contributed by atoms with Crippen LogP contribution in [-0.2, 0) is 6.18 Å². The summed E-state index contributed by atoms with van der Waals surface area (Å²) in [5.41, 5.74) is -1.02. The van der Waals surface area contributed by atoms with Crippen LogP contribution < -0.4 is 18.9 Å². The zero-order valence-corrected chi connectivity index (χ0v) is 6.98. The molecule has 0 atom stereocenters. The molecule has 0 aromatic carbocycles. The van der Waals surface area contributed by atoms with Crippen LogP contribution in [0.3, 0.4) is 0 Å². The molecule has 0 amide bonds. The summed E-state index contributed by atoms with van der Waals surface area (Å²) in [6, 6.07) is 2.77.